The topological polar surface area (TPSA) is 69.5 Å². The molecule has 4 aliphatic carbocycles. The van der Waals surface area contributed by atoms with E-state index in [0.717, 1.165) is 36.6 Å². The van der Waals surface area contributed by atoms with Crippen molar-refractivity contribution in [1.82, 2.24) is 0 Å². The van der Waals surface area contributed by atoms with E-state index in [9.17, 15) is 4.79 Å². The van der Waals surface area contributed by atoms with Gasteiger partial charge in [0.1, 0.15) is 20.3 Å². The van der Waals surface area contributed by atoms with Gasteiger partial charge in [0, 0.05) is 12.8 Å². The molecule has 8 atom stereocenters. The highest BCUT2D eigenvalue weighted by atomic mass is 16.6. The maximum atomic E-state index is 11.5. The van der Waals surface area contributed by atoms with Crippen LogP contribution in [0.15, 0.2) is 10.3 Å². The summed E-state index contributed by atoms with van der Waals surface area (Å²) in [6, 6.07) is 0. The van der Waals surface area contributed by atoms with Crippen LogP contribution in [0.3, 0.4) is 0 Å². The third-order valence-electron chi connectivity index (χ3n) is 9.67. The van der Waals surface area contributed by atoms with Crippen LogP contribution < -0.4 is 0 Å². The first kappa shape index (κ1) is 22.6. The van der Waals surface area contributed by atoms with Gasteiger partial charge >= 0.3 is 5.97 Å². The first-order chi connectivity index (χ1) is 14.7. The Labute approximate surface area is 187 Å². The zero-order valence-electron chi connectivity index (χ0n) is 20.1. The fraction of sp³-hybridized carbons (Fsp3) is 0.880. The second-order valence-corrected chi connectivity index (χ2v) is 11.0. The normalized spacial score (nSPS) is 46.0. The van der Waals surface area contributed by atoms with Crippen LogP contribution in [-0.2, 0) is 19.2 Å². The standard InChI is InChI=1S/C25H40N2O4/c1-15(26-29-5)23-22(27-30-6)14-21-19-8-7-17-13-18(31-16(2)28)9-11-24(17,3)20(19)10-12-25(21,23)4/h17-21,23H,7-14H2,1-6H3/b26-15-,27-22+/t17-,18?,19?,20?,21?,23?,24?,25?/m1/s1. The predicted molar refractivity (Wildman–Crippen MR) is 121 cm³/mol. The molecule has 0 aromatic heterocycles. The van der Waals surface area contributed by atoms with E-state index in [0.29, 0.717) is 23.2 Å². The van der Waals surface area contributed by atoms with Gasteiger partial charge in [0.05, 0.1) is 11.4 Å². The van der Waals surface area contributed by atoms with Crippen LogP contribution in [0.4, 0.5) is 0 Å². The second-order valence-electron chi connectivity index (χ2n) is 11.0. The Morgan fingerprint density at radius 3 is 2.39 bits per heavy atom. The van der Waals surface area contributed by atoms with Gasteiger partial charge in [0.25, 0.3) is 0 Å². The lowest BCUT2D eigenvalue weighted by Gasteiger charge is -2.60. The van der Waals surface area contributed by atoms with Crippen LogP contribution in [-0.4, -0.2) is 37.7 Å². The average molecular weight is 433 g/mol. The molecule has 0 saturated heterocycles. The zero-order chi connectivity index (χ0) is 22.4. The van der Waals surface area contributed by atoms with Gasteiger partial charge < -0.3 is 14.4 Å². The summed E-state index contributed by atoms with van der Waals surface area (Å²) in [5.74, 6) is 2.79. The van der Waals surface area contributed by atoms with Crippen molar-refractivity contribution in [2.45, 2.75) is 85.2 Å². The molecule has 0 heterocycles. The Kier molecular flexibility index (Phi) is 6.12. The van der Waals surface area contributed by atoms with E-state index in [2.05, 4.69) is 31.1 Å². The summed E-state index contributed by atoms with van der Waals surface area (Å²) < 4.78 is 5.62. The molecule has 4 saturated carbocycles. The molecule has 6 nitrogen and oxygen atoms in total. The third kappa shape index (κ3) is 3.68. The van der Waals surface area contributed by atoms with E-state index in [1.807, 2.05) is 0 Å². The first-order valence-corrected chi connectivity index (χ1v) is 12.1. The molecule has 0 bridgehead atoms. The van der Waals surface area contributed by atoms with Crippen molar-refractivity contribution in [2.24, 2.45) is 50.7 Å². The molecule has 0 radical (unpaired) electrons. The van der Waals surface area contributed by atoms with Crippen LogP contribution in [0.25, 0.3) is 0 Å². The summed E-state index contributed by atoms with van der Waals surface area (Å²) >= 11 is 0. The van der Waals surface area contributed by atoms with Gasteiger partial charge in [0.15, 0.2) is 0 Å². The maximum absolute atomic E-state index is 11.5. The molecule has 4 fully saturated rings. The number of esters is 1. The Bertz CT molecular complexity index is 765. The van der Waals surface area contributed by atoms with E-state index < -0.39 is 0 Å². The average Bonchev–Trinajstić information content (AvgIpc) is 3.00. The molecule has 4 rings (SSSR count). The molecule has 6 heteroatoms. The van der Waals surface area contributed by atoms with Gasteiger partial charge in [-0.15, -0.1) is 0 Å². The van der Waals surface area contributed by atoms with Gasteiger partial charge in [-0.05, 0) is 92.8 Å². The van der Waals surface area contributed by atoms with Gasteiger partial charge in [-0.1, -0.05) is 24.2 Å². The molecule has 31 heavy (non-hydrogen) atoms. The van der Waals surface area contributed by atoms with Crippen LogP contribution >= 0.6 is 0 Å². The molecule has 0 aliphatic heterocycles. The summed E-state index contributed by atoms with van der Waals surface area (Å²) in [6.45, 7) is 8.61. The number of rotatable bonds is 4. The SMILES string of the molecule is CO/N=C(/C)C1/C(=N/OC)CC2C3CC[C@@H]4CC(OC(C)=O)CCC4(C)C3CCC12C. The summed E-state index contributed by atoms with van der Waals surface area (Å²) in [4.78, 5) is 21.9. The first-order valence-electron chi connectivity index (χ1n) is 12.1. The third-order valence-corrected chi connectivity index (χ3v) is 9.67. The quantitative estimate of drug-likeness (QED) is 0.347. The lowest BCUT2D eigenvalue weighted by molar-refractivity contribution is -0.159. The molecule has 0 aromatic carbocycles. The van der Waals surface area contributed by atoms with Gasteiger partial charge in [-0.25, -0.2) is 0 Å². The molecule has 4 aliphatic rings. The van der Waals surface area contributed by atoms with Gasteiger partial charge in [-0.3, -0.25) is 4.79 Å². The van der Waals surface area contributed by atoms with Crippen molar-refractivity contribution in [1.29, 1.82) is 0 Å². The predicted octanol–water partition coefficient (Wildman–Crippen LogP) is 5.21. The minimum Gasteiger partial charge on any atom is -0.463 e. The molecular formula is C25H40N2O4. The van der Waals surface area contributed by atoms with Crippen molar-refractivity contribution in [3.8, 4) is 0 Å². The van der Waals surface area contributed by atoms with Crippen molar-refractivity contribution in [2.75, 3.05) is 14.2 Å². The fourth-order valence-corrected chi connectivity index (χ4v) is 8.50. The Hall–Kier alpha value is -1.59. The van der Waals surface area contributed by atoms with Crippen molar-refractivity contribution >= 4 is 17.4 Å². The maximum Gasteiger partial charge on any atom is 0.302 e. The molecule has 0 amide bonds. The van der Waals surface area contributed by atoms with Gasteiger partial charge in [-0.2, -0.15) is 0 Å². The second kappa shape index (κ2) is 8.40. The highest BCUT2D eigenvalue weighted by Crippen LogP contribution is 2.67. The number of hydrogen-bond donors (Lipinski definition) is 0. The Balaban J connectivity index is 1.60. The molecule has 174 valence electrons. The highest BCUT2D eigenvalue weighted by molar-refractivity contribution is 6.08. The van der Waals surface area contributed by atoms with Crippen molar-refractivity contribution < 1.29 is 19.2 Å². The summed E-state index contributed by atoms with van der Waals surface area (Å²) in [5.41, 5.74) is 2.67. The lowest BCUT2D eigenvalue weighted by atomic mass is 9.44. The van der Waals surface area contributed by atoms with Crippen LogP contribution in [0.2, 0.25) is 0 Å². The number of fused-ring (bicyclic) bond motifs is 5. The molecule has 7 unspecified atom stereocenters. The van der Waals surface area contributed by atoms with Crippen molar-refractivity contribution in [3.05, 3.63) is 0 Å². The molecule has 0 spiro atoms. The fourth-order valence-electron chi connectivity index (χ4n) is 8.50. The van der Waals surface area contributed by atoms with E-state index in [1.165, 1.54) is 39.0 Å². The number of carbonyl (C=O) groups is 1. The summed E-state index contributed by atoms with van der Waals surface area (Å²) in [7, 11) is 3.27. The smallest absolute Gasteiger partial charge is 0.302 e. The van der Waals surface area contributed by atoms with Gasteiger partial charge in [0.2, 0.25) is 0 Å². The minimum atomic E-state index is -0.134. The highest BCUT2D eigenvalue weighted by Gasteiger charge is 2.62. The Morgan fingerprint density at radius 2 is 1.71 bits per heavy atom. The van der Waals surface area contributed by atoms with E-state index in [-0.39, 0.29) is 23.4 Å². The number of hydrogen-bond acceptors (Lipinski definition) is 6. The van der Waals surface area contributed by atoms with Crippen LogP contribution in [0.1, 0.15) is 79.1 Å². The Morgan fingerprint density at radius 1 is 0.968 bits per heavy atom. The number of carbonyl (C=O) groups excluding carboxylic acids is 1. The lowest BCUT2D eigenvalue weighted by Crippen LogP contribution is -2.54. The van der Waals surface area contributed by atoms with E-state index >= 15 is 0 Å². The van der Waals surface area contributed by atoms with Crippen LogP contribution in [0, 0.1) is 40.4 Å². The number of nitrogens with zero attached hydrogens (tertiary/aromatic N) is 2. The summed E-state index contributed by atoms with van der Waals surface area (Å²) in [5, 5.41) is 8.81. The summed E-state index contributed by atoms with van der Waals surface area (Å²) in [6.07, 6.45) is 9.32. The van der Waals surface area contributed by atoms with Crippen molar-refractivity contribution in [3.63, 3.8) is 0 Å². The molecule has 0 N–H and O–H groups in total. The van der Waals surface area contributed by atoms with E-state index in [4.69, 9.17) is 14.4 Å². The van der Waals surface area contributed by atoms with E-state index in [1.54, 1.807) is 14.2 Å². The molecule has 0 aromatic rings. The number of ether oxygens (including phenoxy) is 1. The zero-order valence-corrected chi connectivity index (χ0v) is 20.1. The monoisotopic (exact) mass is 432 g/mol. The van der Waals surface area contributed by atoms with Crippen LogP contribution in [0.5, 0.6) is 0 Å². The number of oxime groups is 2. The molecular weight excluding hydrogens is 392 g/mol. The minimum absolute atomic E-state index is 0.116. The largest absolute Gasteiger partial charge is 0.463 e.